The number of anilines is 1. The number of nitrogens with one attached hydrogen (secondary N) is 1. The lowest BCUT2D eigenvalue weighted by atomic mass is 10.2. The van der Waals surface area contributed by atoms with Crippen LogP contribution in [0.1, 0.15) is 12.0 Å². The van der Waals surface area contributed by atoms with E-state index in [1.807, 2.05) is 24.3 Å². The highest BCUT2D eigenvalue weighted by Crippen LogP contribution is 2.28. The Labute approximate surface area is 174 Å². The van der Waals surface area contributed by atoms with Crippen LogP contribution >= 0.6 is 23.1 Å². The van der Waals surface area contributed by atoms with E-state index in [9.17, 15) is 9.59 Å². The summed E-state index contributed by atoms with van der Waals surface area (Å²) in [4.78, 5) is 29.0. The number of hydrogen-bond donors (Lipinski definition) is 1. The Morgan fingerprint density at radius 3 is 2.72 bits per heavy atom. The lowest BCUT2D eigenvalue weighted by Crippen LogP contribution is -2.23. The third-order valence-electron chi connectivity index (χ3n) is 4.17. The molecular formula is C20H17N5O2S2. The van der Waals surface area contributed by atoms with Crippen LogP contribution in [0.25, 0.3) is 10.9 Å². The summed E-state index contributed by atoms with van der Waals surface area (Å²) in [5.74, 6) is 0.571. The molecule has 1 amide bonds. The maximum atomic E-state index is 12.5. The Morgan fingerprint density at radius 2 is 1.86 bits per heavy atom. The molecule has 0 fully saturated rings. The fourth-order valence-corrected chi connectivity index (χ4v) is 4.43. The molecular weight excluding hydrogens is 406 g/mol. The highest BCUT2D eigenvalue weighted by atomic mass is 32.2. The van der Waals surface area contributed by atoms with E-state index in [-0.39, 0.29) is 24.4 Å². The molecule has 7 nitrogen and oxygen atoms in total. The van der Waals surface area contributed by atoms with Crippen molar-refractivity contribution in [1.29, 1.82) is 0 Å². The molecule has 1 N–H and O–H groups in total. The molecule has 0 radical (unpaired) electrons. The molecule has 2 aromatic carbocycles. The molecule has 0 saturated heterocycles. The Hall–Kier alpha value is -3.04. The van der Waals surface area contributed by atoms with E-state index in [1.165, 1.54) is 27.8 Å². The number of aryl methyl sites for hydroxylation is 1. The van der Waals surface area contributed by atoms with Gasteiger partial charge in [0.15, 0.2) is 4.34 Å². The van der Waals surface area contributed by atoms with Crippen molar-refractivity contribution >= 4 is 45.0 Å². The first kappa shape index (κ1) is 19.3. The normalized spacial score (nSPS) is 10.9. The molecule has 2 heterocycles. The number of carbonyl (C=O) groups excluding carboxylic acids is 1. The molecule has 2 aromatic heterocycles. The zero-order valence-electron chi connectivity index (χ0n) is 15.3. The van der Waals surface area contributed by atoms with Crippen LogP contribution in [0.15, 0.2) is 70.1 Å². The molecule has 0 atom stereocenters. The minimum atomic E-state index is -0.221. The molecule has 0 unspecified atom stereocenters. The molecule has 0 aliphatic carbocycles. The van der Waals surface area contributed by atoms with E-state index in [0.29, 0.717) is 16.0 Å². The van der Waals surface area contributed by atoms with Crippen molar-refractivity contribution < 1.29 is 4.79 Å². The van der Waals surface area contributed by atoms with Gasteiger partial charge in [0.1, 0.15) is 0 Å². The number of para-hydroxylation sites is 1. The summed E-state index contributed by atoms with van der Waals surface area (Å²) in [5.41, 5.74) is 1.69. The zero-order valence-corrected chi connectivity index (χ0v) is 16.9. The lowest BCUT2D eigenvalue weighted by Gasteiger charge is -2.06. The second-order valence-electron chi connectivity index (χ2n) is 6.21. The van der Waals surface area contributed by atoms with Crippen LogP contribution in [0.2, 0.25) is 0 Å². The van der Waals surface area contributed by atoms with Gasteiger partial charge in [-0.1, -0.05) is 65.6 Å². The predicted octanol–water partition coefficient (Wildman–Crippen LogP) is 3.57. The molecule has 9 heteroatoms. The molecule has 0 bridgehead atoms. The van der Waals surface area contributed by atoms with Gasteiger partial charge < -0.3 is 5.32 Å². The summed E-state index contributed by atoms with van der Waals surface area (Å²) in [6, 6.07) is 17.2. The number of aromatic nitrogens is 4. The fourth-order valence-electron chi connectivity index (χ4n) is 2.71. The van der Waals surface area contributed by atoms with Crippen LogP contribution < -0.4 is 10.9 Å². The van der Waals surface area contributed by atoms with Gasteiger partial charge in [-0.3, -0.25) is 14.2 Å². The molecule has 146 valence electrons. The van der Waals surface area contributed by atoms with Crippen molar-refractivity contribution in [2.45, 2.75) is 23.1 Å². The van der Waals surface area contributed by atoms with Crippen molar-refractivity contribution in [3.8, 4) is 0 Å². The second-order valence-corrected chi connectivity index (χ2v) is 8.41. The standard InChI is InChI=1S/C20H17N5O2S2/c26-17(10-11-25-13-21-16-9-5-4-8-15(16)18(25)27)22-19-23-24-20(29-19)28-12-14-6-2-1-3-7-14/h1-9,13H,10-12H2,(H,22,23,26). The Kier molecular flexibility index (Phi) is 5.97. The SMILES string of the molecule is O=C(CCn1cnc2ccccc2c1=O)Nc1nnc(SCc2ccccc2)s1. The van der Waals surface area contributed by atoms with Crippen molar-refractivity contribution in [2.24, 2.45) is 0 Å². The highest BCUT2D eigenvalue weighted by molar-refractivity contribution is 8.00. The molecule has 0 saturated carbocycles. The Balaban J connectivity index is 1.32. The van der Waals surface area contributed by atoms with Crippen molar-refractivity contribution in [3.05, 3.63) is 76.8 Å². The van der Waals surface area contributed by atoms with Crippen LogP contribution in [-0.2, 0) is 17.1 Å². The number of amides is 1. The zero-order chi connectivity index (χ0) is 20.1. The summed E-state index contributed by atoms with van der Waals surface area (Å²) >= 11 is 2.91. The molecule has 0 aliphatic heterocycles. The molecule has 0 aliphatic rings. The smallest absolute Gasteiger partial charge is 0.261 e. The first-order valence-corrected chi connectivity index (χ1v) is 10.7. The van der Waals surface area contributed by atoms with Gasteiger partial charge in [-0.05, 0) is 17.7 Å². The van der Waals surface area contributed by atoms with E-state index in [4.69, 9.17) is 0 Å². The van der Waals surface area contributed by atoms with Gasteiger partial charge in [0.2, 0.25) is 11.0 Å². The number of rotatable bonds is 7. The summed E-state index contributed by atoms with van der Waals surface area (Å²) in [7, 11) is 0. The van der Waals surface area contributed by atoms with Gasteiger partial charge in [-0.15, -0.1) is 10.2 Å². The van der Waals surface area contributed by atoms with E-state index in [0.717, 1.165) is 10.1 Å². The van der Waals surface area contributed by atoms with Gasteiger partial charge in [0, 0.05) is 18.7 Å². The number of nitrogens with zero attached hydrogens (tertiary/aromatic N) is 4. The molecule has 4 aromatic rings. The van der Waals surface area contributed by atoms with Crippen LogP contribution in [-0.4, -0.2) is 25.7 Å². The molecule has 0 spiro atoms. The van der Waals surface area contributed by atoms with Crippen molar-refractivity contribution in [1.82, 2.24) is 19.7 Å². The van der Waals surface area contributed by atoms with E-state index in [1.54, 1.807) is 30.0 Å². The van der Waals surface area contributed by atoms with Crippen LogP contribution in [0, 0.1) is 0 Å². The molecule has 4 rings (SSSR count). The predicted molar refractivity (Wildman–Crippen MR) is 115 cm³/mol. The summed E-state index contributed by atoms with van der Waals surface area (Å²) in [6.45, 7) is 0.247. The number of fused-ring (bicyclic) bond motifs is 1. The molecule has 29 heavy (non-hydrogen) atoms. The third-order valence-corrected chi connectivity index (χ3v) is 6.21. The van der Waals surface area contributed by atoms with Crippen molar-refractivity contribution in [3.63, 3.8) is 0 Å². The summed E-state index contributed by atoms with van der Waals surface area (Å²) in [6.07, 6.45) is 1.62. The largest absolute Gasteiger partial charge is 0.300 e. The second kappa shape index (κ2) is 8.97. The number of benzene rings is 2. The quantitative estimate of drug-likeness (QED) is 0.361. The van der Waals surface area contributed by atoms with E-state index in [2.05, 4.69) is 32.6 Å². The fraction of sp³-hybridized carbons (Fsp3) is 0.150. The van der Waals surface area contributed by atoms with Crippen LogP contribution in [0.3, 0.4) is 0 Å². The van der Waals surface area contributed by atoms with Crippen LogP contribution in [0.5, 0.6) is 0 Å². The maximum Gasteiger partial charge on any atom is 0.261 e. The van der Waals surface area contributed by atoms with Gasteiger partial charge in [-0.25, -0.2) is 4.98 Å². The first-order valence-electron chi connectivity index (χ1n) is 8.93. The minimum absolute atomic E-state index is 0.145. The number of carbonyl (C=O) groups is 1. The average Bonchev–Trinajstić information content (AvgIpc) is 3.20. The lowest BCUT2D eigenvalue weighted by molar-refractivity contribution is -0.116. The summed E-state index contributed by atoms with van der Waals surface area (Å²) < 4.78 is 2.24. The van der Waals surface area contributed by atoms with Crippen molar-refractivity contribution in [2.75, 3.05) is 5.32 Å². The number of hydrogen-bond acceptors (Lipinski definition) is 7. The van der Waals surface area contributed by atoms with Gasteiger partial charge in [0.05, 0.1) is 17.2 Å². The summed E-state index contributed by atoms with van der Waals surface area (Å²) in [5, 5.41) is 11.9. The monoisotopic (exact) mass is 423 g/mol. The minimum Gasteiger partial charge on any atom is -0.300 e. The van der Waals surface area contributed by atoms with Gasteiger partial charge in [-0.2, -0.15) is 0 Å². The van der Waals surface area contributed by atoms with Gasteiger partial charge >= 0.3 is 0 Å². The van der Waals surface area contributed by atoms with E-state index < -0.39 is 0 Å². The van der Waals surface area contributed by atoms with E-state index >= 15 is 0 Å². The topological polar surface area (TPSA) is 89.8 Å². The third kappa shape index (κ3) is 4.87. The average molecular weight is 424 g/mol. The van der Waals surface area contributed by atoms with Gasteiger partial charge in [0.25, 0.3) is 5.56 Å². The van der Waals surface area contributed by atoms with Crippen LogP contribution in [0.4, 0.5) is 5.13 Å². The first-order chi connectivity index (χ1) is 14.2. The highest BCUT2D eigenvalue weighted by Gasteiger charge is 2.10. The Morgan fingerprint density at radius 1 is 1.07 bits per heavy atom. The maximum absolute atomic E-state index is 12.5. The number of thioether (sulfide) groups is 1. The Bertz CT molecular complexity index is 1190.